The van der Waals surface area contributed by atoms with Gasteiger partial charge < -0.3 is 19.6 Å². The normalized spacial score (nSPS) is 10.7. The molecule has 0 radical (unpaired) electrons. The van der Waals surface area contributed by atoms with Gasteiger partial charge in [0.15, 0.2) is 0 Å². The van der Waals surface area contributed by atoms with E-state index in [0.717, 1.165) is 11.1 Å². The molecule has 4 aromatic rings. The molecule has 0 saturated carbocycles. The molecule has 0 unspecified atom stereocenters. The Labute approximate surface area is 182 Å². The quantitative estimate of drug-likeness (QED) is 0.285. The molecule has 0 bridgehead atoms. The lowest BCUT2D eigenvalue weighted by atomic mass is 10.0. The summed E-state index contributed by atoms with van der Waals surface area (Å²) in [7, 11) is 3.24. The highest BCUT2D eigenvalue weighted by Crippen LogP contribution is 2.29. The minimum absolute atomic E-state index is 0.218. The predicted molar refractivity (Wildman–Crippen MR) is 119 cm³/mol. The molecule has 2 aromatic heterocycles. The van der Waals surface area contributed by atoms with Crippen molar-refractivity contribution in [3.05, 3.63) is 82.4 Å². The lowest BCUT2D eigenvalue weighted by molar-refractivity contribution is 0.0706. The molecular weight excluding hydrogens is 412 g/mol. The number of pyridine rings is 1. The standard InChI is InChI=1S/C23H20N4O5/c1-27-12-18(13-5-9-16(32-2)10-6-13)17-11-19(25-20(17)23(27)30)22(29)24-15-7-3-14(4-8-15)21(28)26-31/h3-12,25,31H,1-2H3,(H,24,29)(H,26,28). The van der Waals surface area contributed by atoms with Gasteiger partial charge in [-0.1, -0.05) is 12.1 Å². The summed E-state index contributed by atoms with van der Waals surface area (Å²) in [5.41, 5.74) is 4.18. The molecule has 0 saturated heterocycles. The Balaban J connectivity index is 1.69. The van der Waals surface area contributed by atoms with Gasteiger partial charge in [0.05, 0.1) is 7.11 Å². The number of hydroxylamine groups is 1. The number of hydrogen-bond donors (Lipinski definition) is 4. The van der Waals surface area contributed by atoms with Crippen molar-refractivity contribution in [2.75, 3.05) is 12.4 Å². The van der Waals surface area contributed by atoms with E-state index >= 15 is 0 Å². The SMILES string of the molecule is COc1ccc(-c2cn(C)c(=O)c3[nH]c(C(=O)Nc4ccc(C(=O)NO)cc4)cc23)cc1. The maximum absolute atomic E-state index is 12.8. The number of fused-ring (bicyclic) bond motifs is 1. The van der Waals surface area contributed by atoms with Crippen LogP contribution in [0.2, 0.25) is 0 Å². The van der Waals surface area contributed by atoms with Crippen LogP contribution in [0.15, 0.2) is 65.6 Å². The first-order valence-electron chi connectivity index (χ1n) is 9.64. The number of rotatable bonds is 5. The average Bonchev–Trinajstić information content (AvgIpc) is 3.27. The van der Waals surface area contributed by atoms with Gasteiger partial charge >= 0.3 is 0 Å². The van der Waals surface area contributed by atoms with Gasteiger partial charge in [0.1, 0.15) is 17.0 Å². The van der Waals surface area contributed by atoms with E-state index in [-0.39, 0.29) is 16.8 Å². The first kappa shape index (κ1) is 20.9. The third-order valence-corrected chi connectivity index (χ3v) is 5.12. The zero-order valence-corrected chi connectivity index (χ0v) is 17.3. The van der Waals surface area contributed by atoms with Crippen molar-refractivity contribution < 1.29 is 19.5 Å². The molecule has 32 heavy (non-hydrogen) atoms. The van der Waals surface area contributed by atoms with Gasteiger partial charge in [0, 0.05) is 35.4 Å². The average molecular weight is 432 g/mol. The molecule has 2 aromatic carbocycles. The molecule has 4 rings (SSSR count). The zero-order chi connectivity index (χ0) is 22.8. The number of carbonyl (C=O) groups excluding carboxylic acids is 2. The first-order valence-corrected chi connectivity index (χ1v) is 9.64. The number of anilines is 1. The van der Waals surface area contributed by atoms with Gasteiger partial charge in [-0.15, -0.1) is 0 Å². The second-order valence-corrected chi connectivity index (χ2v) is 7.13. The summed E-state index contributed by atoms with van der Waals surface area (Å²) >= 11 is 0. The summed E-state index contributed by atoms with van der Waals surface area (Å²) in [6, 6.07) is 15.1. The van der Waals surface area contributed by atoms with Crippen LogP contribution in [0.25, 0.3) is 22.0 Å². The van der Waals surface area contributed by atoms with Gasteiger partial charge in [-0.25, -0.2) is 5.48 Å². The number of ether oxygens (including phenoxy) is 1. The number of amides is 2. The second kappa shape index (κ2) is 8.40. The van der Waals surface area contributed by atoms with Crippen molar-refractivity contribution in [1.82, 2.24) is 15.0 Å². The van der Waals surface area contributed by atoms with Gasteiger partial charge in [-0.2, -0.15) is 0 Å². The van der Waals surface area contributed by atoms with Crippen molar-refractivity contribution in [3.63, 3.8) is 0 Å². The van der Waals surface area contributed by atoms with Crippen LogP contribution in [0.1, 0.15) is 20.8 Å². The number of carbonyl (C=O) groups is 2. The van der Waals surface area contributed by atoms with E-state index in [4.69, 9.17) is 9.94 Å². The molecule has 2 amide bonds. The maximum Gasteiger partial charge on any atom is 0.274 e. The highest BCUT2D eigenvalue weighted by molar-refractivity contribution is 6.08. The minimum Gasteiger partial charge on any atom is -0.497 e. The second-order valence-electron chi connectivity index (χ2n) is 7.13. The fourth-order valence-corrected chi connectivity index (χ4v) is 3.42. The number of hydrogen-bond acceptors (Lipinski definition) is 5. The Hall–Kier alpha value is -4.37. The predicted octanol–water partition coefficient (Wildman–Crippen LogP) is 2.91. The summed E-state index contributed by atoms with van der Waals surface area (Å²) in [5.74, 6) is -0.380. The Bertz CT molecular complexity index is 1370. The highest BCUT2D eigenvalue weighted by atomic mass is 16.5. The fraction of sp³-hybridized carbons (Fsp3) is 0.0870. The van der Waals surface area contributed by atoms with Gasteiger partial charge in [0.2, 0.25) is 0 Å². The Morgan fingerprint density at radius 3 is 2.34 bits per heavy atom. The van der Waals surface area contributed by atoms with E-state index in [1.807, 2.05) is 24.3 Å². The highest BCUT2D eigenvalue weighted by Gasteiger charge is 2.17. The maximum atomic E-state index is 12.8. The van der Waals surface area contributed by atoms with Crippen LogP contribution < -0.4 is 21.1 Å². The smallest absolute Gasteiger partial charge is 0.274 e. The molecule has 0 aliphatic rings. The molecule has 0 spiro atoms. The van der Waals surface area contributed by atoms with Gasteiger partial charge in [-0.3, -0.25) is 19.6 Å². The Morgan fingerprint density at radius 2 is 1.72 bits per heavy atom. The number of benzene rings is 2. The third-order valence-electron chi connectivity index (χ3n) is 5.12. The summed E-state index contributed by atoms with van der Waals surface area (Å²) in [5, 5.41) is 12.0. The number of H-pyrrole nitrogens is 1. The van der Waals surface area contributed by atoms with Crippen LogP contribution in [-0.2, 0) is 7.05 Å². The number of methoxy groups -OCH3 is 1. The summed E-state index contributed by atoms with van der Waals surface area (Å²) in [6.45, 7) is 0. The molecule has 0 aliphatic heterocycles. The largest absolute Gasteiger partial charge is 0.497 e. The van der Waals surface area contributed by atoms with Crippen LogP contribution >= 0.6 is 0 Å². The van der Waals surface area contributed by atoms with Crippen molar-refractivity contribution >= 4 is 28.4 Å². The van der Waals surface area contributed by atoms with Crippen molar-refractivity contribution in [3.8, 4) is 16.9 Å². The molecule has 0 atom stereocenters. The van der Waals surface area contributed by atoms with Crippen molar-refractivity contribution in [1.29, 1.82) is 0 Å². The lowest BCUT2D eigenvalue weighted by Crippen LogP contribution is -2.18. The number of nitrogens with one attached hydrogen (secondary N) is 3. The van der Waals surface area contributed by atoms with Crippen LogP contribution in [0.5, 0.6) is 5.75 Å². The summed E-state index contributed by atoms with van der Waals surface area (Å²) < 4.78 is 6.67. The van der Waals surface area contributed by atoms with Crippen LogP contribution in [0.4, 0.5) is 5.69 Å². The topological polar surface area (TPSA) is 125 Å². The van der Waals surface area contributed by atoms with Crippen molar-refractivity contribution in [2.24, 2.45) is 7.05 Å². The van der Waals surface area contributed by atoms with Crippen molar-refractivity contribution in [2.45, 2.75) is 0 Å². The summed E-state index contributed by atoms with van der Waals surface area (Å²) in [4.78, 5) is 39.8. The van der Waals surface area contributed by atoms with Gasteiger partial charge in [0.25, 0.3) is 17.4 Å². The van der Waals surface area contributed by atoms with Crippen LogP contribution in [0.3, 0.4) is 0 Å². The number of aromatic nitrogens is 2. The van der Waals surface area contributed by atoms with E-state index in [0.29, 0.717) is 22.3 Å². The molecule has 9 nitrogen and oxygen atoms in total. The Morgan fingerprint density at radius 1 is 1.03 bits per heavy atom. The van der Waals surface area contributed by atoms with E-state index in [1.54, 1.807) is 31.9 Å². The first-order chi connectivity index (χ1) is 15.4. The fourth-order valence-electron chi connectivity index (χ4n) is 3.42. The zero-order valence-electron chi connectivity index (χ0n) is 17.3. The lowest BCUT2D eigenvalue weighted by Gasteiger charge is -2.07. The van der Waals surface area contributed by atoms with Gasteiger partial charge in [-0.05, 0) is 48.0 Å². The van der Waals surface area contributed by atoms with Crippen LogP contribution in [-0.4, -0.2) is 33.7 Å². The molecule has 162 valence electrons. The monoisotopic (exact) mass is 432 g/mol. The third kappa shape index (κ3) is 3.84. The van der Waals surface area contributed by atoms with Crippen LogP contribution in [0, 0.1) is 0 Å². The molecule has 9 heteroatoms. The van der Waals surface area contributed by atoms with E-state index in [9.17, 15) is 14.4 Å². The molecule has 4 N–H and O–H groups in total. The van der Waals surface area contributed by atoms with E-state index in [2.05, 4.69) is 10.3 Å². The summed E-state index contributed by atoms with van der Waals surface area (Å²) in [6.07, 6.45) is 1.73. The minimum atomic E-state index is -0.652. The number of aromatic amines is 1. The van der Waals surface area contributed by atoms with E-state index < -0.39 is 11.8 Å². The van der Waals surface area contributed by atoms with E-state index in [1.165, 1.54) is 28.8 Å². The number of aryl methyl sites for hydroxylation is 1. The molecule has 2 heterocycles. The molecule has 0 aliphatic carbocycles. The Kier molecular flexibility index (Phi) is 5.48. The molecule has 0 fully saturated rings. The number of nitrogens with zero attached hydrogens (tertiary/aromatic N) is 1. The molecular formula is C23H20N4O5.